The van der Waals surface area contributed by atoms with E-state index in [1.807, 2.05) is 6.92 Å². The summed E-state index contributed by atoms with van der Waals surface area (Å²) in [5, 5.41) is 0. The number of hydrogen-bond acceptors (Lipinski definition) is 4. The van der Waals surface area contributed by atoms with Gasteiger partial charge in [0.15, 0.2) is 6.10 Å². The van der Waals surface area contributed by atoms with Crippen molar-refractivity contribution >= 4 is 11.9 Å². The topological polar surface area (TPSA) is 52.6 Å². The van der Waals surface area contributed by atoms with E-state index in [2.05, 4.69) is 0 Å². The van der Waals surface area contributed by atoms with Gasteiger partial charge in [0.25, 0.3) is 0 Å². The van der Waals surface area contributed by atoms with E-state index in [-0.39, 0.29) is 0 Å². The third-order valence-corrected chi connectivity index (χ3v) is 1.38. The minimum absolute atomic E-state index is 0.352. The largest absolute Gasteiger partial charge is 0.463 e. The SMILES string of the molecule is C/C=C\C(=O)OC(C)C(=O)OCCC. The quantitative estimate of drug-likeness (QED) is 0.498. The highest BCUT2D eigenvalue weighted by Gasteiger charge is 2.17. The third kappa shape index (κ3) is 5.35. The summed E-state index contributed by atoms with van der Waals surface area (Å²) in [5.41, 5.74) is 0. The molecule has 1 unspecified atom stereocenters. The Kier molecular flexibility index (Phi) is 6.45. The molecule has 0 saturated heterocycles. The lowest BCUT2D eigenvalue weighted by Crippen LogP contribution is -2.25. The predicted molar refractivity (Wildman–Crippen MR) is 51.6 cm³/mol. The van der Waals surface area contributed by atoms with Gasteiger partial charge in [-0.1, -0.05) is 13.0 Å². The van der Waals surface area contributed by atoms with Crippen LogP contribution >= 0.6 is 0 Å². The Morgan fingerprint density at radius 3 is 2.57 bits per heavy atom. The normalized spacial score (nSPS) is 12.5. The molecule has 0 aromatic carbocycles. The Morgan fingerprint density at radius 1 is 1.43 bits per heavy atom. The van der Waals surface area contributed by atoms with Crippen molar-refractivity contribution in [3.8, 4) is 0 Å². The standard InChI is InChI=1S/C10H16O4/c1-4-6-9(11)14-8(3)10(12)13-7-5-2/h4,6,8H,5,7H2,1-3H3/b6-4-. The number of ether oxygens (including phenoxy) is 2. The van der Waals surface area contributed by atoms with Crippen LogP contribution in [0, 0.1) is 0 Å². The maximum absolute atomic E-state index is 11.1. The number of esters is 2. The van der Waals surface area contributed by atoms with E-state index in [0.717, 1.165) is 6.42 Å². The van der Waals surface area contributed by atoms with Crippen molar-refractivity contribution in [3.05, 3.63) is 12.2 Å². The molecular weight excluding hydrogens is 184 g/mol. The first-order valence-electron chi connectivity index (χ1n) is 4.61. The van der Waals surface area contributed by atoms with Gasteiger partial charge in [-0.25, -0.2) is 9.59 Å². The van der Waals surface area contributed by atoms with Crippen molar-refractivity contribution in [2.24, 2.45) is 0 Å². The fourth-order valence-electron chi connectivity index (χ4n) is 0.718. The van der Waals surface area contributed by atoms with Crippen LogP contribution in [0.2, 0.25) is 0 Å². The molecule has 0 aliphatic rings. The second-order valence-electron chi connectivity index (χ2n) is 2.75. The van der Waals surface area contributed by atoms with Gasteiger partial charge < -0.3 is 9.47 Å². The van der Waals surface area contributed by atoms with Crippen LogP contribution in [0.5, 0.6) is 0 Å². The first-order chi connectivity index (χ1) is 6.61. The first-order valence-corrected chi connectivity index (χ1v) is 4.61. The number of allylic oxidation sites excluding steroid dienone is 1. The molecule has 0 fully saturated rings. The minimum atomic E-state index is -0.842. The average Bonchev–Trinajstić information content (AvgIpc) is 2.14. The van der Waals surface area contributed by atoms with Crippen LogP contribution in [0.3, 0.4) is 0 Å². The van der Waals surface area contributed by atoms with Gasteiger partial charge in [-0.05, 0) is 20.3 Å². The number of rotatable bonds is 5. The highest BCUT2D eigenvalue weighted by molar-refractivity contribution is 5.85. The lowest BCUT2D eigenvalue weighted by molar-refractivity contribution is -0.163. The third-order valence-electron chi connectivity index (χ3n) is 1.38. The van der Waals surface area contributed by atoms with E-state index in [4.69, 9.17) is 9.47 Å². The summed E-state index contributed by atoms with van der Waals surface area (Å²) in [7, 11) is 0. The summed E-state index contributed by atoms with van der Waals surface area (Å²) >= 11 is 0. The van der Waals surface area contributed by atoms with Crippen molar-refractivity contribution in [1.29, 1.82) is 0 Å². The molecule has 0 bridgehead atoms. The monoisotopic (exact) mass is 200 g/mol. The fourth-order valence-corrected chi connectivity index (χ4v) is 0.718. The second kappa shape index (κ2) is 7.12. The van der Waals surface area contributed by atoms with Crippen molar-refractivity contribution in [1.82, 2.24) is 0 Å². The van der Waals surface area contributed by atoms with Crippen molar-refractivity contribution in [2.45, 2.75) is 33.3 Å². The van der Waals surface area contributed by atoms with Crippen LogP contribution in [0.1, 0.15) is 27.2 Å². The Hall–Kier alpha value is -1.32. The summed E-state index contributed by atoms with van der Waals surface area (Å²) in [6.07, 6.45) is 2.71. The molecule has 0 aromatic rings. The van der Waals surface area contributed by atoms with E-state index in [0.29, 0.717) is 6.61 Å². The number of carbonyl (C=O) groups is 2. The number of hydrogen-bond donors (Lipinski definition) is 0. The Bertz CT molecular complexity index is 220. The summed E-state index contributed by atoms with van der Waals surface area (Å²) < 4.78 is 9.54. The maximum Gasteiger partial charge on any atom is 0.347 e. The van der Waals surface area contributed by atoms with Crippen molar-refractivity contribution in [2.75, 3.05) is 6.61 Å². The molecule has 0 aliphatic carbocycles. The zero-order valence-electron chi connectivity index (χ0n) is 8.78. The second-order valence-corrected chi connectivity index (χ2v) is 2.75. The maximum atomic E-state index is 11.1. The molecule has 4 nitrogen and oxygen atoms in total. The lowest BCUT2D eigenvalue weighted by Gasteiger charge is -2.10. The van der Waals surface area contributed by atoms with Gasteiger partial charge in [-0.3, -0.25) is 0 Å². The van der Waals surface area contributed by atoms with Gasteiger partial charge in [0.2, 0.25) is 0 Å². The lowest BCUT2D eigenvalue weighted by atomic mass is 10.4. The zero-order valence-corrected chi connectivity index (χ0v) is 8.78. The average molecular weight is 200 g/mol. The van der Waals surface area contributed by atoms with Gasteiger partial charge in [-0.15, -0.1) is 0 Å². The summed E-state index contributed by atoms with van der Waals surface area (Å²) in [4.78, 5) is 22.0. The Morgan fingerprint density at radius 2 is 2.07 bits per heavy atom. The molecule has 80 valence electrons. The van der Waals surface area contributed by atoms with Crippen LogP contribution < -0.4 is 0 Å². The van der Waals surface area contributed by atoms with Gasteiger partial charge in [0, 0.05) is 6.08 Å². The van der Waals surface area contributed by atoms with Gasteiger partial charge in [0.1, 0.15) is 0 Å². The van der Waals surface area contributed by atoms with E-state index >= 15 is 0 Å². The predicted octanol–water partition coefficient (Wildman–Crippen LogP) is 1.45. The van der Waals surface area contributed by atoms with Gasteiger partial charge in [0.05, 0.1) is 6.61 Å². The fraction of sp³-hybridized carbons (Fsp3) is 0.600. The molecule has 1 atom stereocenters. The van der Waals surface area contributed by atoms with E-state index in [1.165, 1.54) is 13.0 Å². The van der Waals surface area contributed by atoms with E-state index in [9.17, 15) is 9.59 Å². The summed E-state index contributed by atoms with van der Waals surface area (Å²) in [6.45, 7) is 5.43. The molecule has 0 heterocycles. The molecule has 0 aromatic heterocycles. The molecule has 0 saturated carbocycles. The molecule has 0 N–H and O–H groups in total. The van der Waals surface area contributed by atoms with Crippen molar-refractivity contribution in [3.63, 3.8) is 0 Å². The molecule has 0 aliphatic heterocycles. The molecule has 4 heteroatoms. The summed E-state index contributed by atoms with van der Waals surface area (Å²) in [6, 6.07) is 0. The van der Waals surface area contributed by atoms with Crippen LogP contribution in [-0.2, 0) is 19.1 Å². The van der Waals surface area contributed by atoms with Crippen LogP contribution in [0.4, 0.5) is 0 Å². The molecule has 14 heavy (non-hydrogen) atoms. The highest BCUT2D eigenvalue weighted by Crippen LogP contribution is 1.97. The molecule has 0 rings (SSSR count). The molecular formula is C10H16O4. The Labute approximate surface area is 83.9 Å². The Balaban J connectivity index is 3.88. The van der Waals surface area contributed by atoms with E-state index < -0.39 is 18.0 Å². The molecule has 0 amide bonds. The molecule has 0 radical (unpaired) electrons. The minimum Gasteiger partial charge on any atom is -0.463 e. The first kappa shape index (κ1) is 12.7. The highest BCUT2D eigenvalue weighted by atomic mass is 16.6. The van der Waals surface area contributed by atoms with Crippen LogP contribution in [0.25, 0.3) is 0 Å². The molecule has 0 spiro atoms. The smallest absolute Gasteiger partial charge is 0.347 e. The number of carbonyl (C=O) groups excluding carboxylic acids is 2. The van der Waals surface area contributed by atoms with E-state index in [1.54, 1.807) is 13.0 Å². The van der Waals surface area contributed by atoms with Gasteiger partial charge in [-0.2, -0.15) is 0 Å². The van der Waals surface area contributed by atoms with Gasteiger partial charge >= 0.3 is 11.9 Å². The van der Waals surface area contributed by atoms with Crippen LogP contribution in [0.15, 0.2) is 12.2 Å². The van der Waals surface area contributed by atoms with Crippen molar-refractivity contribution < 1.29 is 19.1 Å². The van der Waals surface area contributed by atoms with Crippen LogP contribution in [-0.4, -0.2) is 24.6 Å². The summed E-state index contributed by atoms with van der Waals surface area (Å²) in [5.74, 6) is -1.04. The zero-order chi connectivity index (χ0) is 11.0.